The minimum absolute atomic E-state index is 0.0308. The summed E-state index contributed by atoms with van der Waals surface area (Å²) in [5, 5.41) is 14.0. The summed E-state index contributed by atoms with van der Waals surface area (Å²) in [6.45, 7) is 5.18. The van der Waals surface area contributed by atoms with Gasteiger partial charge in [0.2, 0.25) is 5.91 Å². The molecule has 0 bridgehead atoms. The number of hydrogen-bond donors (Lipinski definition) is 3. The highest BCUT2D eigenvalue weighted by Crippen LogP contribution is 2.33. The number of rotatable bonds is 7. The van der Waals surface area contributed by atoms with Crippen LogP contribution in [0.25, 0.3) is 0 Å². The van der Waals surface area contributed by atoms with E-state index in [4.69, 9.17) is 9.84 Å². The van der Waals surface area contributed by atoms with E-state index < -0.39 is 41.2 Å². The first-order chi connectivity index (χ1) is 15.5. The van der Waals surface area contributed by atoms with E-state index in [1.54, 1.807) is 51.1 Å². The number of ether oxygens (including phenoxy) is 1. The SMILES string of the molecule is CC(C)(C)[C@@H](C(=O)Nc1ccc(I)cc1F)N1C(=O)N[C@H](c2ccc(OCCO)cc2)C1=O. The number of aliphatic hydroxyl groups excluding tert-OH is 1. The third-order valence-corrected chi connectivity index (χ3v) is 5.73. The molecule has 3 N–H and O–H groups in total. The Morgan fingerprint density at radius 1 is 1.24 bits per heavy atom. The van der Waals surface area contributed by atoms with Gasteiger partial charge in [0.25, 0.3) is 5.91 Å². The van der Waals surface area contributed by atoms with Crippen molar-refractivity contribution in [2.75, 3.05) is 18.5 Å². The summed E-state index contributed by atoms with van der Waals surface area (Å²) in [5.74, 6) is -1.35. The van der Waals surface area contributed by atoms with Crippen molar-refractivity contribution < 1.29 is 28.6 Å². The Balaban J connectivity index is 1.85. The summed E-state index contributed by atoms with van der Waals surface area (Å²) in [4.78, 5) is 40.1. The van der Waals surface area contributed by atoms with Crippen LogP contribution in [0.3, 0.4) is 0 Å². The fraction of sp³-hybridized carbons (Fsp3) is 0.348. The van der Waals surface area contributed by atoms with Crippen LogP contribution in [0.4, 0.5) is 14.9 Å². The van der Waals surface area contributed by atoms with Gasteiger partial charge in [0, 0.05) is 3.57 Å². The summed E-state index contributed by atoms with van der Waals surface area (Å²) in [6, 6.07) is 8.01. The molecule has 33 heavy (non-hydrogen) atoms. The maximum absolute atomic E-state index is 14.3. The first kappa shape index (κ1) is 24.9. The molecule has 0 aliphatic carbocycles. The van der Waals surface area contributed by atoms with E-state index in [0.717, 1.165) is 4.90 Å². The summed E-state index contributed by atoms with van der Waals surface area (Å²) in [6.07, 6.45) is 0. The standard InChI is InChI=1S/C23H25FIN3O5/c1-23(2,3)19(20(30)26-17-9-6-14(25)12-16(17)24)28-21(31)18(27-22(28)32)13-4-7-15(8-5-13)33-11-10-29/h4-9,12,18-19,29H,10-11H2,1-3H3,(H,26,30)(H,27,32)/t18-,19-/m1/s1. The van der Waals surface area contributed by atoms with Crippen molar-refractivity contribution in [2.24, 2.45) is 5.41 Å². The monoisotopic (exact) mass is 569 g/mol. The van der Waals surface area contributed by atoms with Crippen LogP contribution in [0.1, 0.15) is 32.4 Å². The normalized spacial score (nSPS) is 17.0. The van der Waals surface area contributed by atoms with Crippen molar-refractivity contribution in [3.8, 4) is 5.75 Å². The van der Waals surface area contributed by atoms with Gasteiger partial charge >= 0.3 is 6.03 Å². The molecule has 1 aliphatic heterocycles. The molecule has 1 fully saturated rings. The topological polar surface area (TPSA) is 108 Å². The summed E-state index contributed by atoms with van der Waals surface area (Å²) < 4.78 is 20.3. The van der Waals surface area contributed by atoms with Crippen LogP contribution in [0.5, 0.6) is 5.75 Å². The van der Waals surface area contributed by atoms with E-state index >= 15 is 0 Å². The average molecular weight is 569 g/mol. The van der Waals surface area contributed by atoms with Gasteiger partial charge in [-0.1, -0.05) is 32.9 Å². The molecular weight excluding hydrogens is 544 g/mol. The van der Waals surface area contributed by atoms with E-state index in [1.165, 1.54) is 12.1 Å². The zero-order valence-electron chi connectivity index (χ0n) is 18.4. The van der Waals surface area contributed by atoms with Gasteiger partial charge in [-0.25, -0.2) is 14.1 Å². The molecule has 0 unspecified atom stereocenters. The number of amides is 4. The molecule has 176 valence electrons. The van der Waals surface area contributed by atoms with E-state index in [1.807, 2.05) is 22.6 Å². The van der Waals surface area contributed by atoms with E-state index in [-0.39, 0.29) is 18.9 Å². The smallest absolute Gasteiger partial charge is 0.325 e. The molecule has 2 atom stereocenters. The van der Waals surface area contributed by atoms with Crippen molar-refractivity contribution in [3.63, 3.8) is 0 Å². The Labute approximate surface area is 204 Å². The van der Waals surface area contributed by atoms with E-state index in [2.05, 4.69) is 10.6 Å². The fourth-order valence-electron chi connectivity index (χ4n) is 3.57. The maximum atomic E-state index is 14.3. The number of anilines is 1. The van der Waals surface area contributed by atoms with Crippen molar-refractivity contribution in [1.29, 1.82) is 0 Å². The number of urea groups is 1. The minimum Gasteiger partial charge on any atom is -0.491 e. The van der Waals surface area contributed by atoms with Gasteiger partial charge in [-0.2, -0.15) is 0 Å². The zero-order valence-corrected chi connectivity index (χ0v) is 20.6. The quantitative estimate of drug-likeness (QED) is 0.350. The van der Waals surface area contributed by atoms with Crippen LogP contribution < -0.4 is 15.4 Å². The first-order valence-corrected chi connectivity index (χ1v) is 11.3. The lowest BCUT2D eigenvalue weighted by atomic mass is 9.84. The van der Waals surface area contributed by atoms with Crippen LogP contribution >= 0.6 is 22.6 Å². The Bertz CT molecular complexity index is 1060. The zero-order chi connectivity index (χ0) is 24.3. The number of halogens is 2. The lowest BCUT2D eigenvalue weighted by molar-refractivity contribution is -0.137. The van der Waals surface area contributed by atoms with Crippen LogP contribution in [-0.2, 0) is 9.59 Å². The number of imide groups is 1. The third kappa shape index (κ3) is 5.61. The Hall–Kier alpha value is -2.73. The lowest BCUT2D eigenvalue weighted by Crippen LogP contribution is -2.54. The van der Waals surface area contributed by atoms with Crippen molar-refractivity contribution >= 4 is 46.1 Å². The second kappa shape index (κ2) is 10.0. The largest absolute Gasteiger partial charge is 0.491 e. The first-order valence-electron chi connectivity index (χ1n) is 10.3. The van der Waals surface area contributed by atoms with Crippen LogP contribution in [-0.4, -0.2) is 47.1 Å². The number of hydrogen-bond acceptors (Lipinski definition) is 5. The molecular formula is C23H25FIN3O5. The summed E-state index contributed by atoms with van der Waals surface area (Å²) in [7, 11) is 0. The predicted octanol–water partition coefficient (Wildman–Crippen LogP) is 3.45. The Kier molecular flexibility index (Phi) is 7.58. The van der Waals surface area contributed by atoms with E-state index in [0.29, 0.717) is 14.9 Å². The highest BCUT2D eigenvalue weighted by atomic mass is 127. The number of carbonyl (C=O) groups is 3. The van der Waals surface area contributed by atoms with Crippen molar-refractivity contribution in [2.45, 2.75) is 32.9 Å². The molecule has 0 spiro atoms. The van der Waals surface area contributed by atoms with Crippen LogP contribution in [0.15, 0.2) is 42.5 Å². The van der Waals surface area contributed by atoms with Gasteiger partial charge in [-0.3, -0.25) is 9.59 Å². The molecule has 0 radical (unpaired) electrons. The van der Waals surface area contributed by atoms with Gasteiger partial charge in [0.15, 0.2) is 0 Å². The molecule has 10 heteroatoms. The summed E-state index contributed by atoms with van der Waals surface area (Å²) in [5.41, 5.74) is -0.339. The highest BCUT2D eigenvalue weighted by Gasteiger charge is 2.49. The number of aliphatic hydroxyl groups is 1. The van der Waals surface area contributed by atoms with Crippen LogP contribution in [0, 0.1) is 14.8 Å². The second-order valence-electron chi connectivity index (χ2n) is 8.61. The van der Waals surface area contributed by atoms with Gasteiger partial charge in [0.05, 0.1) is 12.3 Å². The highest BCUT2D eigenvalue weighted by molar-refractivity contribution is 14.1. The number of nitrogens with one attached hydrogen (secondary N) is 2. The average Bonchev–Trinajstić information content (AvgIpc) is 3.02. The Morgan fingerprint density at radius 3 is 2.48 bits per heavy atom. The number of benzene rings is 2. The Morgan fingerprint density at radius 2 is 1.91 bits per heavy atom. The van der Waals surface area contributed by atoms with Gasteiger partial charge in [-0.15, -0.1) is 0 Å². The van der Waals surface area contributed by atoms with Gasteiger partial charge in [0.1, 0.15) is 30.3 Å². The minimum atomic E-state index is -1.18. The molecule has 0 aromatic heterocycles. The molecule has 1 aliphatic rings. The third-order valence-electron chi connectivity index (χ3n) is 5.06. The molecule has 3 rings (SSSR count). The molecule has 8 nitrogen and oxygen atoms in total. The van der Waals surface area contributed by atoms with Crippen molar-refractivity contribution in [3.05, 3.63) is 57.4 Å². The fourth-order valence-corrected chi connectivity index (χ4v) is 4.03. The van der Waals surface area contributed by atoms with Gasteiger partial charge < -0.3 is 20.5 Å². The van der Waals surface area contributed by atoms with Gasteiger partial charge in [-0.05, 0) is 63.9 Å². The number of nitrogens with zero attached hydrogens (tertiary/aromatic N) is 1. The maximum Gasteiger partial charge on any atom is 0.325 e. The molecule has 1 heterocycles. The molecule has 4 amide bonds. The van der Waals surface area contributed by atoms with Crippen molar-refractivity contribution in [1.82, 2.24) is 10.2 Å². The lowest BCUT2D eigenvalue weighted by Gasteiger charge is -2.34. The molecule has 2 aromatic rings. The predicted molar refractivity (Wildman–Crippen MR) is 128 cm³/mol. The van der Waals surface area contributed by atoms with Crippen LogP contribution in [0.2, 0.25) is 0 Å². The van der Waals surface area contributed by atoms with E-state index in [9.17, 15) is 18.8 Å². The summed E-state index contributed by atoms with van der Waals surface area (Å²) >= 11 is 1.96. The second-order valence-corrected chi connectivity index (χ2v) is 9.86. The molecule has 2 aromatic carbocycles. The molecule has 0 saturated carbocycles. The number of carbonyl (C=O) groups excluding carboxylic acids is 3. The molecule has 1 saturated heterocycles.